The van der Waals surface area contributed by atoms with Crippen molar-refractivity contribution in [2.75, 3.05) is 13.2 Å². The van der Waals surface area contributed by atoms with E-state index in [4.69, 9.17) is 28.4 Å². The molecule has 0 heterocycles. The number of nitrogens with one attached hydrogen (secondary N) is 1. The van der Waals surface area contributed by atoms with Gasteiger partial charge < -0.3 is 33.7 Å². The molecule has 0 aliphatic heterocycles. The van der Waals surface area contributed by atoms with Crippen LogP contribution in [0.25, 0.3) is 0 Å². The van der Waals surface area contributed by atoms with Crippen molar-refractivity contribution in [3.8, 4) is 5.75 Å². The van der Waals surface area contributed by atoms with Crippen molar-refractivity contribution in [3.05, 3.63) is 64.5 Å². The molecule has 2 aromatic rings. The number of esters is 3. The zero-order valence-electron chi connectivity index (χ0n) is 43.3. The second kappa shape index (κ2) is 23.5. The number of carbonyl (C=O) groups excluding carboxylic acids is 6. The van der Waals surface area contributed by atoms with Crippen LogP contribution >= 0.6 is 0 Å². The first-order valence-corrected chi connectivity index (χ1v) is 25.8. The van der Waals surface area contributed by atoms with Gasteiger partial charge in [0.2, 0.25) is 34.8 Å². The highest BCUT2D eigenvalue weighted by atomic mass is 19.2. The molecule has 1 amide bonds. The Morgan fingerprint density at radius 1 is 0.795 bits per heavy atom. The van der Waals surface area contributed by atoms with E-state index in [9.17, 15) is 50.7 Å². The molecular weight excluding hydrogens is 962 g/mol. The summed E-state index contributed by atoms with van der Waals surface area (Å²) < 4.78 is 104. The summed E-state index contributed by atoms with van der Waals surface area (Å²) in [6, 6.07) is 7.45. The number of carbonyl (C=O) groups is 6. The summed E-state index contributed by atoms with van der Waals surface area (Å²) in [6.07, 6.45) is 3.67. The first-order chi connectivity index (χ1) is 34.5. The van der Waals surface area contributed by atoms with Crippen LogP contribution in [0.15, 0.2) is 24.3 Å². The van der Waals surface area contributed by atoms with E-state index < -0.39 is 105 Å². The van der Waals surface area contributed by atoms with E-state index in [0.717, 1.165) is 18.4 Å². The van der Waals surface area contributed by atoms with Gasteiger partial charge in [-0.25, -0.2) is 18.0 Å². The number of hydrogen-bond acceptors (Lipinski definition) is 12. The average Bonchev–Trinajstić information content (AvgIpc) is 3.71. The van der Waals surface area contributed by atoms with Gasteiger partial charge in [-0.3, -0.25) is 24.0 Å². The fraction of sp³-hybridized carbons (Fsp3) is 0.673. The molecule has 2 aromatic carbocycles. The standard InChI is InChI=1S/C55H72F5NO12/c1-9-11-23-68-49(65)42(50(66)69-24-12-10-2)55(33-16-14-32(15-17-33)28-61-51(67)73-52(4,5)6)22-21-53(7)34(27-55)25-38(70-29-62)41-36-19-18-35(54(36,8)39(71-30-63)26-37(41)53)31(3)13-20-40(64)72-48-46(59)44(57)43(56)45(58)47(48)60/h14-17,29-31,34-39,41-42H,9-13,18-28H2,1-8H3,(H,61,67)/t31-,34-,35-,36+,37+,38-,39+,41+,53+,54-,55+/m1/s1. The van der Waals surface area contributed by atoms with Gasteiger partial charge in [-0.15, -0.1) is 0 Å². The number of rotatable bonds is 21. The highest BCUT2D eigenvalue weighted by Crippen LogP contribution is 2.71. The molecule has 404 valence electrons. The highest BCUT2D eigenvalue weighted by Gasteiger charge is 2.69. The van der Waals surface area contributed by atoms with Gasteiger partial charge in [0.05, 0.1) is 13.2 Å². The summed E-state index contributed by atoms with van der Waals surface area (Å²) in [7, 11) is 0. The molecular formula is C55H72F5NO12. The number of halogens is 5. The topological polar surface area (TPSA) is 170 Å². The maximum Gasteiger partial charge on any atom is 0.407 e. The predicted molar refractivity (Wildman–Crippen MR) is 255 cm³/mol. The lowest BCUT2D eigenvalue weighted by Gasteiger charge is -2.65. The van der Waals surface area contributed by atoms with Gasteiger partial charge >= 0.3 is 24.0 Å². The third-order valence-corrected chi connectivity index (χ3v) is 17.1. The number of benzene rings is 2. The van der Waals surface area contributed by atoms with Crippen LogP contribution in [-0.4, -0.2) is 68.0 Å². The van der Waals surface area contributed by atoms with Crippen molar-refractivity contribution in [1.82, 2.24) is 5.32 Å². The van der Waals surface area contributed by atoms with E-state index in [0.29, 0.717) is 76.3 Å². The fourth-order valence-corrected chi connectivity index (χ4v) is 13.5. The van der Waals surface area contributed by atoms with Crippen molar-refractivity contribution in [1.29, 1.82) is 0 Å². The number of alkyl carbamates (subject to hydrolysis) is 1. The van der Waals surface area contributed by atoms with Crippen molar-refractivity contribution in [2.24, 2.45) is 52.3 Å². The van der Waals surface area contributed by atoms with Gasteiger partial charge in [0.15, 0.2) is 5.92 Å². The first-order valence-electron chi connectivity index (χ1n) is 25.8. The second-order valence-corrected chi connectivity index (χ2v) is 22.3. The monoisotopic (exact) mass is 1030 g/mol. The molecule has 0 spiro atoms. The first kappa shape index (κ1) is 57.0. The Morgan fingerprint density at radius 3 is 1.95 bits per heavy atom. The smallest absolute Gasteiger partial charge is 0.407 e. The van der Waals surface area contributed by atoms with Crippen LogP contribution in [0.3, 0.4) is 0 Å². The largest absolute Gasteiger partial charge is 0.465 e. The van der Waals surface area contributed by atoms with E-state index in [2.05, 4.69) is 12.2 Å². The zero-order chi connectivity index (χ0) is 53.6. The molecule has 4 fully saturated rings. The molecule has 4 aliphatic rings. The lowest BCUT2D eigenvalue weighted by molar-refractivity contribution is -0.218. The van der Waals surface area contributed by atoms with Gasteiger partial charge in [-0.2, -0.15) is 8.78 Å². The number of ether oxygens (including phenoxy) is 6. The molecule has 0 radical (unpaired) electrons. The molecule has 0 unspecified atom stereocenters. The van der Waals surface area contributed by atoms with Crippen LogP contribution in [0.2, 0.25) is 0 Å². The minimum absolute atomic E-state index is 0.101. The fourth-order valence-electron chi connectivity index (χ4n) is 13.5. The van der Waals surface area contributed by atoms with Gasteiger partial charge in [0.25, 0.3) is 12.9 Å². The Hall–Kier alpha value is -5.29. The van der Waals surface area contributed by atoms with Crippen molar-refractivity contribution < 1.29 is 79.1 Å². The number of fused-ring (bicyclic) bond motifs is 5. The molecule has 1 N–H and O–H groups in total. The minimum Gasteiger partial charge on any atom is -0.465 e. The van der Waals surface area contributed by atoms with Crippen molar-refractivity contribution in [3.63, 3.8) is 0 Å². The molecule has 0 saturated heterocycles. The molecule has 4 aliphatic carbocycles. The Bertz CT molecular complexity index is 2280. The molecule has 11 atom stereocenters. The summed E-state index contributed by atoms with van der Waals surface area (Å²) in [5, 5.41) is 2.78. The quantitative estimate of drug-likeness (QED) is 0.0145. The van der Waals surface area contributed by atoms with E-state index in [-0.39, 0.29) is 61.7 Å². The molecule has 0 bridgehead atoms. The SMILES string of the molecule is CCCCOC(=O)C(C(=O)OCCCC)[C@@]1(c2ccc(CNC(=O)OC(C)(C)C)cc2)CC[C@@]2(C)[C@H](C[C@@H](OC=O)[C@@H]3[C@@H]2C[C@H](OC=O)[C@]2(C)[C@@H]([C@H](C)CCC(=O)Oc4c(F)c(F)c(F)c(F)c4F)CC[C@@H]32)C1. The second-order valence-electron chi connectivity index (χ2n) is 22.3. The third kappa shape index (κ3) is 11.7. The lowest BCUT2D eigenvalue weighted by Crippen LogP contribution is -2.64. The normalized spacial score (nSPS) is 28.9. The van der Waals surface area contributed by atoms with Gasteiger partial charge in [-0.05, 0) is 131 Å². The Balaban J connectivity index is 1.32. The molecule has 0 aromatic heterocycles. The van der Waals surface area contributed by atoms with E-state index in [1.165, 1.54) is 0 Å². The summed E-state index contributed by atoms with van der Waals surface area (Å²) in [5.41, 5.74) is -1.63. The van der Waals surface area contributed by atoms with Crippen LogP contribution in [-0.2, 0) is 59.6 Å². The maximum absolute atomic E-state index is 14.6. The van der Waals surface area contributed by atoms with E-state index in [1.807, 2.05) is 52.0 Å². The van der Waals surface area contributed by atoms with Crippen LogP contribution in [0.1, 0.15) is 150 Å². The van der Waals surface area contributed by atoms with Gasteiger partial charge in [0.1, 0.15) is 17.8 Å². The highest BCUT2D eigenvalue weighted by molar-refractivity contribution is 5.97. The number of amides is 1. The summed E-state index contributed by atoms with van der Waals surface area (Å²) in [6.45, 7) is 16.6. The van der Waals surface area contributed by atoms with E-state index >= 15 is 0 Å². The number of hydrogen-bond donors (Lipinski definition) is 1. The Kier molecular flexibility index (Phi) is 18.3. The summed E-state index contributed by atoms with van der Waals surface area (Å²) >= 11 is 0. The van der Waals surface area contributed by atoms with Crippen LogP contribution in [0.5, 0.6) is 5.75 Å². The van der Waals surface area contributed by atoms with Crippen LogP contribution < -0.4 is 10.1 Å². The molecule has 73 heavy (non-hydrogen) atoms. The van der Waals surface area contributed by atoms with E-state index in [1.54, 1.807) is 20.8 Å². The lowest BCUT2D eigenvalue weighted by atomic mass is 9.40. The zero-order valence-corrected chi connectivity index (χ0v) is 43.3. The Morgan fingerprint density at radius 2 is 1.38 bits per heavy atom. The van der Waals surface area contributed by atoms with Crippen molar-refractivity contribution >= 4 is 36.9 Å². The Labute approximate surface area is 424 Å². The van der Waals surface area contributed by atoms with Gasteiger partial charge in [-0.1, -0.05) is 71.7 Å². The average molecular weight is 1030 g/mol. The third-order valence-electron chi connectivity index (χ3n) is 17.1. The molecule has 6 rings (SSSR count). The molecule has 4 saturated carbocycles. The molecule has 13 nitrogen and oxygen atoms in total. The van der Waals surface area contributed by atoms with Gasteiger partial charge in [0, 0.05) is 29.7 Å². The van der Waals surface area contributed by atoms with Crippen molar-refractivity contribution in [2.45, 2.75) is 169 Å². The maximum atomic E-state index is 14.6. The summed E-state index contributed by atoms with van der Waals surface area (Å²) in [5.74, 6) is -18.3. The minimum atomic E-state index is -2.38. The summed E-state index contributed by atoms with van der Waals surface area (Å²) in [4.78, 5) is 79.6. The number of unbranched alkanes of at least 4 members (excludes halogenated alkanes) is 2. The molecule has 18 heteroatoms. The van der Waals surface area contributed by atoms with Crippen LogP contribution in [0.4, 0.5) is 26.7 Å². The van der Waals surface area contributed by atoms with Crippen LogP contribution in [0, 0.1) is 81.3 Å². The predicted octanol–water partition coefficient (Wildman–Crippen LogP) is 10.9.